The number of fused-ring (bicyclic) bond motifs is 2. The van der Waals surface area contributed by atoms with Gasteiger partial charge in [-0.05, 0) is 18.9 Å². The summed E-state index contributed by atoms with van der Waals surface area (Å²) in [7, 11) is 3.21. The van der Waals surface area contributed by atoms with Gasteiger partial charge in [0.05, 0.1) is 36.6 Å². The normalized spacial score (nSPS) is 69.3. The number of rotatable bonds is 3. The van der Waals surface area contributed by atoms with Crippen LogP contribution in [0.1, 0.15) is 26.2 Å². The Hall–Kier alpha value is -0.320. The van der Waals surface area contributed by atoms with E-state index in [4.69, 9.17) is 14.2 Å². The number of likely N-dealkylation sites (tertiary alicyclic amines) is 1. The van der Waals surface area contributed by atoms with Gasteiger partial charge in [-0.25, -0.2) is 0 Å². The van der Waals surface area contributed by atoms with E-state index in [0.29, 0.717) is 25.9 Å². The van der Waals surface area contributed by atoms with Gasteiger partial charge in [-0.15, -0.1) is 0 Å². The Morgan fingerprint density at radius 2 is 1.90 bits per heavy atom. The fourth-order valence-corrected chi connectivity index (χ4v) is 10.3. The average molecular weight is 424 g/mol. The zero-order valence-electron chi connectivity index (χ0n) is 17.8. The third-order valence-electron chi connectivity index (χ3n) is 11.0. The molecule has 4 N–H and O–H groups in total. The van der Waals surface area contributed by atoms with E-state index in [1.807, 2.05) is 0 Å². The average Bonchev–Trinajstić information content (AvgIpc) is 3.25. The molecule has 7 aliphatic rings. The van der Waals surface area contributed by atoms with Crippen LogP contribution in [0, 0.1) is 29.1 Å². The highest BCUT2D eigenvalue weighted by Crippen LogP contribution is 2.81. The van der Waals surface area contributed by atoms with Gasteiger partial charge in [0, 0.05) is 56.8 Å². The number of methoxy groups -OCH3 is 2. The Morgan fingerprint density at radius 3 is 2.57 bits per heavy atom. The van der Waals surface area contributed by atoms with Gasteiger partial charge in [0.2, 0.25) is 0 Å². The van der Waals surface area contributed by atoms with Gasteiger partial charge in [-0.2, -0.15) is 0 Å². The highest BCUT2D eigenvalue weighted by molar-refractivity contribution is 5.44. The van der Waals surface area contributed by atoms with Gasteiger partial charge < -0.3 is 34.6 Å². The van der Waals surface area contributed by atoms with Crippen molar-refractivity contribution in [2.45, 2.75) is 79.6 Å². The van der Waals surface area contributed by atoms with Gasteiger partial charge in [-0.1, -0.05) is 6.92 Å². The first-order chi connectivity index (χ1) is 14.3. The first-order valence-electron chi connectivity index (χ1n) is 11.6. The summed E-state index contributed by atoms with van der Waals surface area (Å²) in [5.74, 6) is -0.922. The maximum absolute atomic E-state index is 12.6. The zero-order chi connectivity index (χ0) is 21.0. The molecule has 5 aliphatic carbocycles. The summed E-state index contributed by atoms with van der Waals surface area (Å²) in [5.41, 5.74) is -4.30. The van der Waals surface area contributed by atoms with E-state index < -0.39 is 52.5 Å². The number of nitrogens with zero attached hydrogens (tertiary/aromatic N) is 1. The molecule has 30 heavy (non-hydrogen) atoms. The molecule has 14 atom stereocenters. The molecule has 2 aliphatic heterocycles. The molecule has 2 spiro atoms. The molecule has 8 nitrogen and oxygen atoms in total. The predicted octanol–water partition coefficient (Wildman–Crippen LogP) is -1.27. The molecule has 8 heteroatoms. The summed E-state index contributed by atoms with van der Waals surface area (Å²) >= 11 is 0. The van der Waals surface area contributed by atoms with Crippen LogP contribution in [0.5, 0.6) is 0 Å². The second-order valence-corrected chi connectivity index (χ2v) is 11.2. The van der Waals surface area contributed by atoms with Crippen molar-refractivity contribution >= 4 is 0 Å². The third-order valence-corrected chi connectivity index (χ3v) is 11.0. The molecular weight excluding hydrogens is 390 g/mol. The molecule has 1 unspecified atom stereocenters. The molecule has 168 valence electrons. The largest absolute Gasteiger partial charge is 0.392 e. The van der Waals surface area contributed by atoms with Gasteiger partial charge >= 0.3 is 0 Å². The van der Waals surface area contributed by atoms with Gasteiger partial charge in [0.1, 0.15) is 16.8 Å². The number of aliphatic hydroxyl groups is 4. The van der Waals surface area contributed by atoms with Gasteiger partial charge in [0.25, 0.3) is 0 Å². The summed E-state index contributed by atoms with van der Waals surface area (Å²) in [4.78, 5) is 2.23. The maximum atomic E-state index is 12.6. The van der Waals surface area contributed by atoms with Crippen LogP contribution >= 0.6 is 0 Å². The van der Waals surface area contributed by atoms with Crippen molar-refractivity contribution < 1.29 is 34.6 Å². The molecule has 2 heterocycles. The Morgan fingerprint density at radius 1 is 1.13 bits per heavy atom. The quantitative estimate of drug-likeness (QED) is 0.416. The van der Waals surface area contributed by atoms with Crippen molar-refractivity contribution in [1.82, 2.24) is 4.90 Å². The fourth-order valence-electron chi connectivity index (χ4n) is 10.3. The Labute approximate surface area is 176 Å². The lowest BCUT2D eigenvalue weighted by Gasteiger charge is -2.67. The lowest BCUT2D eigenvalue weighted by Crippen LogP contribution is -2.81. The molecular formula is C22H33NO7. The van der Waals surface area contributed by atoms with Crippen LogP contribution in [0.25, 0.3) is 0 Å². The molecule has 7 rings (SSSR count). The summed E-state index contributed by atoms with van der Waals surface area (Å²) in [6.45, 7) is 3.44. The van der Waals surface area contributed by atoms with E-state index >= 15 is 0 Å². The minimum Gasteiger partial charge on any atom is -0.392 e. The van der Waals surface area contributed by atoms with Crippen LogP contribution < -0.4 is 0 Å². The Balaban J connectivity index is 1.55. The van der Waals surface area contributed by atoms with E-state index in [1.54, 1.807) is 14.2 Å². The van der Waals surface area contributed by atoms with E-state index in [0.717, 1.165) is 0 Å². The number of ether oxygens (including phenoxy) is 3. The first kappa shape index (κ1) is 19.2. The van der Waals surface area contributed by atoms with Crippen LogP contribution in [0.15, 0.2) is 0 Å². The molecule has 0 radical (unpaired) electrons. The summed E-state index contributed by atoms with van der Waals surface area (Å²) in [5, 5.41) is 48.0. The van der Waals surface area contributed by atoms with Gasteiger partial charge in [0.15, 0.2) is 0 Å². The topological polar surface area (TPSA) is 115 Å². The molecule has 0 aromatic rings. The third kappa shape index (κ3) is 1.52. The molecule has 0 aromatic heterocycles. The van der Waals surface area contributed by atoms with Crippen molar-refractivity contribution in [1.29, 1.82) is 0 Å². The second-order valence-electron chi connectivity index (χ2n) is 11.2. The molecule has 5 saturated carbocycles. The van der Waals surface area contributed by atoms with Crippen molar-refractivity contribution in [3.63, 3.8) is 0 Å². The van der Waals surface area contributed by atoms with Crippen LogP contribution in [0.3, 0.4) is 0 Å². The maximum Gasteiger partial charge on any atom is 0.136 e. The number of aliphatic hydroxyl groups excluding tert-OH is 2. The number of piperidine rings is 1. The smallest absolute Gasteiger partial charge is 0.136 e. The van der Waals surface area contributed by atoms with Crippen LogP contribution in [-0.4, -0.2) is 106 Å². The van der Waals surface area contributed by atoms with Crippen LogP contribution in [0.2, 0.25) is 0 Å². The van der Waals surface area contributed by atoms with Crippen molar-refractivity contribution in [2.75, 3.05) is 27.3 Å². The van der Waals surface area contributed by atoms with E-state index in [2.05, 4.69) is 11.8 Å². The molecule has 7 bridgehead atoms. The number of hydrogen-bond donors (Lipinski definition) is 4. The SMILES string of the molecule is CCN1C[C@]23O[C@H]2C[C@H](O)[C@@]24[C@@H]5CC6[C@@H](OC)C[C@@](O)([C@H]5[C@H]6O)[C@@](O)([C@@H](OC)[C@H]32)[C@@H]14. The van der Waals surface area contributed by atoms with Gasteiger partial charge in [-0.3, -0.25) is 4.90 Å². The highest BCUT2D eigenvalue weighted by Gasteiger charge is 2.94. The monoisotopic (exact) mass is 423 g/mol. The summed E-state index contributed by atoms with van der Waals surface area (Å²) < 4.78 is 18.1. The zero-order valence-corrected chi connectivity index (χ0v) is 17.8. The van der Waals surface area contributed by atoms with Crippen LogP contribution in [0.4, 0.5) is 0 Å². The van der Waals surface area contributed by atoms with Crippen molar-refractivity contribution in [3.8, 4) is 0 Å². The van der Waals surface area contributed by atoms with E-state index in [-0.39, 0.29) is 36.4 Å². The molecule has 0 amide bonds. The van der Waals surface area contributed by atoms with E-state index in [9.17, 15) is 20.4 Å². The Bertz CT molecular complexity index is 812. The predicted molar refractivity (Wildman–Crippen MR) is 102 cm³/mol. The number of hydrogen-bond acceptors (Lipinski definition) is 8. The van der Waals surface area contributed by atoms with Crippen LogP contribution in [-0.2, 0) is 14.2 Å². The minimum absolute atomic E-state index is 0.0398. The van der Waals surface area contributed by atoms with Crippen molar-refractivity contribution in [3.05, 3.63) is 0 Å². The highest BCUT2D eigenvalue weighted by atomic mass is 16.6. The molecule has 0 aromatic carbocycles. The standard InChI is InChI=1S/C22H33NO7/c1-4-23-8-19-13(30-19)6-12(24)21-10-5-9-11(28-2)7-20(26,14(10)15(9)25)22(27,18(21)23)17(29-3)16(19)21/h9-18,24-27H,4-8H2,1-3H3/t9?,10-,11+,12+,13+,14-,15+,16-,17+,18+,19+,20-,21+,22-/m1/s1. The number of likely N-dealkylation sites (N-methyl/N-ethyl adjacent to an activating group) is 1. The summed E-state index contributed by atoms with van der Waals surface area (Å²) in [6, 6.07) is -0.441. The van der Waals surface area contributed by atoms with E-state index in [1.165, 1.54) is 0 Å². The Kier molecular flexibility index (Phi) is 3.36. The second kappa shape index (κ2) is 5.25. The van der Waals surface area contributed by atoms with Crippen molar-refractivity contribution in [2.24, 2.45) is 29.1 Å². The number of epoxide rings is 1. The first-order valence-corrected chi connectivity index (χ1v) is 11.6. The molecule has 2 saturated heterocycles. The molecule has 7 fully saturated rings. The summed E-state index contributed by atoms with van der Waals surface area (Å²) in [6.07, 6.45) is -0.983. The lowest BCUT2D eigenvalue weighted by molar-refractivity contribution is -0.311. The fraction of sp³-hybridized carbons (Fsp3) is 1.00. The minimum atomic E-state index is -1.62. The lowest BCUT2D eigenvalue weighted by atomic mass is 9.45.